The predicted molar refractivity (Wildman–Crippen MR) is 119 cm³/mol. The molecular formula is C24H36O2Si. The molecule has 0 amide bonds. The first-order valence-electron chi connectivity index (χ1n) is 10.0. The molecule has 0 aliphatic rings. The summed E-state index contributed by atoms with van der Waals surface area (Å²) in [6, 6.07) is 18.9. The largest absolute Gasteiger partial charge is 0.417 e. The molecule has 1 N–H and O–H groups in total. The van der Waals surface area contributed by atoms with Crippen molar-refractivity contribution in [3.05, 3.63) is 60.2 Å². The van der Waals surface area contributed by atoms with Gasteiger partial charge in [0.2, 0.25) is 0 Å². The van der Waals surface area contributed by atoms with Gasteiger partial charge in [0.05, 0.1) is 6.10 Å². The van der Waals surface area contributed by atoms with Gasteiger partial charge in [-0.25, -0.2) is 0 Å². The van der Waals surface area contributed by atoms with E-state index in [0.29, 0.717) is 12.3 Å². The lowest BCUT2D eigenvalue weighted by Crippen LogP contribution is -2.42. The standard InChI is InChI=1S/C24H36O2Si/c1-19(18-26-27(5,6)24(2,3)4)16-23(25)17-20-12-14-22(15-13-20)21-10-8-7-9-11-21/h7-15,19,23,25H,16-18H2,1-6H3/t19-,23-/m1/s1. The van der Waals surface area contributed by atoms with Crippen molar-refractivity contribution < 1.29 is 9.53 Å². The second-order valence-electron chi connectivity index (χ2n) is 9.33. The van der Waals surface area contributed by atoms with E-state index in [0.717, 1.165) is 13.0 Å². The minimum atomic E-state index is -1.71. The molecule has 3 heteroatoms. The zero-order chi connectivity index (χ0) is 20.1. The maximum absolute atomic E-state index is 10.5. The Morgan fingerprint density at radius 3 is 2.04 bits per heavy atom. The molecule has 0 aliphatic carbocycles. The lowest BCUT2D eigenvalue weighted by Gasteiger charge is -2.37. The second kappa shape index (κ2) is 9.18. The Bertz CT molecular complexity index is 687. The average molecular weight is 385 g/mol. The van der Waals surface area contributed by atoms with Crippen LogP contribution in [0.25, 0.3) is 11.1 Å². The molecule has 0 saturated heterocycles. The van der Waals surface area contributed by atoms with Crippen LogP contribution < -0.4 is 0 Å². The lowest BCUT2D eigenvalue weighted by molar-refractivity contribution is 0.124. The molecule has 2 rings (SSSR count). The van der Waals surface area contributed by atoms with Gasteiger partial charge in [-0.3, -0.25) is 0 Å². The van der Waals surface area contributed by atoms with Crippen LogP contribution in [0.15, 0.2) is 54.6 Å². The summed E-state index contributed by atoms with van der Waals surface area (Å²) in [5.41, 5.74) is 3.62. The summed E-state index contributed by atoms with van der Waals surface area (Å²) >= 11 is 0. The van der Waals surface area contributed by atoms with Crippen molar-refractivity contribution in [2.24, 2.45) is 5.92 Å². The zero-order valence-corrected chi connectivity index (χ0v) is 18.8. The van der Waals surface area contributed by atoms with Crippen molar-refractivity contribution >= 4 is 8.32 Å². The summed E-state index contributed by atoms with van der Waals surface area (Å²) in [4.78, 5) is 0. The molecule has 27 heavy (non-hydrogen) atoms. The Balaban J connectivity index is 1.84. The van der Waals surface area contributed by atoms with Gasteiger partial charge in [-0.05, 0) is 53.6 Å². The zero-order valence-electron chi connectivity index (χ0n) is 17.8. The molecule has 2 atom stereocenters. The van der Waals surface area contributed by atoms with Crippen LogP contribution in [0.1, 0.15) is 39.7 Å². The van der Waals surface area contributed by atoms with Crippen molar-refractivity contribution in [2.45, 2.75) is 64.8 Å². The van der Waals surface area contributed by atoms with E-state index < -0.39 is 8.32 Å². The molecule has 2 aromatic rings. The fourth-order valence-electron chi connectivity index (χ4n) is 2.92. The topological polar surface area (TPSA) is 29.5 Å². The maximum atomic E-state index is 10.5. The van der Waals surface area contributed by atoms with Gasteiger partial charge >= 0.3 is 0 Å². The van der Waals surface area contributed by atoms with E-state index in [2.05, 4.69) is 89.3 Å². The van der Waals surface area contributed by atoms with Crippen molar-refractivity contribution in [3.8, 4) is 11.1 Å². The van der Waals surface area contributed by atoms with Gasteiger partial charge in [0, 0.05) is 6.61 Å². The Morgan fingerprint density at radius 1 is 0.926 bits per heavy atom. The Kier molecular flexibility index (Phi) is 7.44. The fraction of sp³-hybridized carbons (Fsp3) is 0.500. The van der Waals surface area contributed by atoms with E-state index in [1.165, 1.54) is 16.7 Å². The van der Waals surface area contributed by atoms with E-state index in [1.54, 1.807) is 0 Å². The van der Waals surface area contributed by atoms with Crippen LogP contribution in [0, 0.1) is 5.92 Å². The highest BCUT2D eigenvalue weighted by Gasteiger charge is 2.37. The first-order chi connectivity index (χ1) is 12.6. The molecule has 2 aromatic carbocycles. The van der Waals surface area contributed by atoms with E-state index in [9.17, 15) is 5.11 Å². The molecular weight excluding hydrogens is 348 g/mol. The maximum Gasteiger partial charge on any atom is 0.191 e. The summed E-state index contributed by atoms with van der Waals surface area (Å²) in [7, 11) is -1.71. The molecule has 0 fully saturated rings. The molecule has 2 nitrogen and oxygen atoms in total. The van der Waals surface area contributed by atoms with Crippen molar-refractivity contribution in [1.82, 2.24) is 0 Å². The number of benzene rings is 2. The third-order valence-corrected chi connectivity index (χ3v) is 10.2. The Morgan fingerprint density at radius 2 is 1.48 bits per heavy atom. The van der Waals surface area contributed by atoms with Gasteiger partial charge in [-0.1, -0.05) is 82.3 Å². The van der Waals surface area contributed by atoms with Crippen LogP contribution in [0.3, 0.4) is 0 Å². The SMILES string of the molecule is C[C@@H](CO[Si](C)(C)C(C)(C)C)C[C@@H](O)Cc1ccc(-c2ccccc2)cc1. The minimum Gasteiger partial charge on any atom is -0.417 e. The predicted octanol–water partition coefficient (Wildman–Crippen LogP) is 6.31. The van der Waals surface area contributed by atoms with Crippen LogP contribution in [0.4, 0.5) is 0 Å². The number of hydrogen-bond acceptors (Lipinski definition) is 2. The van der Waals surface area contributed by atoms with Gasteiger partial charge in [0.15, 0.2) is 8.32 Å². The molecule has 0 aromatic heterocycles. The smallest absolute Gasteiger partial charge is 0.191 e. The second-order valence-corrected chi connectivity index (χ2v) is 14.1. The third kappa shape index (κ3) is 6.60. The van der Waals surface area contributed by atoms with Crippen molar-refractivity contribution in [3.63, 3.8) is 0 Å². The van der Waals surface area contributed by atoms with Crippen molar-refractivity contribution in [2.75, 3.05) is 6.61 Å². The molecule has 0 unspecified atom stereocenters. The monoisotopic (exact) mass is 384 g/mol. The summed E-state index contributed by atoms with van der Waals surface area (Å²) < 4.78 is 6.30. The Labute approximate surface area is 166 Å². The molecule has 0 heterocycles. The molecule has 0 spiro atoms. The first kappa shape index (κ1) is 21.9. The van der Waals surface area contributed by atoms with Crippen LogP contribution in [0.2, 0.25) is 18.1 Å². The van der Waals surface area contributed by atoms with Gasteiger partial charge < -0.3 is 9.53 Å². The molecule has 0 aliphatic heterocycles. The quantitative estimate of drug-likeness (QED) is 0.541. The fourth-order valence-corrected chi connectivity index (χ4v) is 4.05. The summed E-state index contributed by atoms with van der Waals surface area (Å²) in [6.07, 6.45) is 1.14. The highest BCUT2D eigenvalue weighted by molar-refractivity contribution is 6.74. The number of aliphatic hydroxyl groups is 1. The lowest BCUT2D eigenvalue weighted by atomic mass is 9.97. The van der Waals surface area contributed by atoms with E-state index >= 15 is 0 Å². The normalized spacial score (nSPS) is 14.8. The number of hydrogen-bond donors (Lipinski definition) is 1. The Hall–Kier alpha value is -1.42. The highest BCUT2D eigenvalue weighted by Crippen LogP contribution is 2.37. The summed E-state index contributed by atoms with van der Waals surface area (Å²) in [5, 5.41) is 10.7. The highest BCUT2D eigenvalue weighted by atomic mass is 28.4. The molecule has 0 saturated carbocycles. The van der Waals surface area contributed by atoms with Gasteiger partial charge in [0.1, 0.15) is 0 Å². The van der Waals surface area contributed by atoms with Crippen LogP contribution in [-0.2, 0) is 10.8 Å². The van der Waals surface area contributed by atoms with Gasteiger partial charge in [-0.2, -0.15) is 0 Å². The van der Waals surface area contributed by atoms with Gasteiger partial charge in [-0.15, -0.1) is 0 Å². The van der Waals surface area contributed by atoms with E-state index in [1.807, 2.05) is 6.07 Å². The van der Waals surface area contributed by atoms with Gasteiger partial charge in [0.25, 0.3) is 0 Å². The van der Waals surface area contributed by atoms with Crippen LogP contribution in [0.5, 0.6) is 0 Å². The molecule has 148 valence electrons. The average Bonchev–Trinajstić information content (AvgIpc) is 2.60. The molecule has 0 radical (unpaired) electrons. The summed E-state index contributed by atoms with van der Waals surface area (Å²) in [5.74, 6) is 0.359. The van der Waals surface area contributed by atoms with E-state index in [4.69, 9.17) is 4.43 Å². The number of aliphatic hydroxyl groups excluding tert-OH is 1. The van der Waals surface area contributed by atoms with E-state index in [-0.39, 0.29) is 11.1 Å². The number of rotatable bonds is 8. The van der Waals surface area contributed by atoms with Crippen LogP contribution in [-0.4, -0.2) is 26.1 Å². The molecule has 0 bridgehead atoms. The van der Waals surface area contributed by atoms with Crippen molar-refractivity contribution in [1.29, 1.82) is 0 Å². The first-order valence-corrected chi connectivity index (χ1v) is 13.0. The third-order valence-electron chi connectivity index (χ3n) is 5.74. The minimum absolute atomic E-state index is 0.228. The van der Waals surface area contributed by atoms with Crippen LogP contribution >= 0.6 is 0 Å². The summed E-state index contributed by atoms with van der Waals surface area (Å²) in [6.45, 7) is 14.3.